The van der Waals surface area contributed by atoms with E-state index in [1.54, 1.807) is 26.1 Å². The van der Waals surface area contributed by atoms with E-state index in [2.05, 4.69) is 9.98 Å². The van der Waals surface area contributed by atoms with E-state index < -0.39 is 25.9 Å². The van der Waals surface area contributed by atoms with Crippen LogP contribution in [-0.2, 0) is 21.8 Å². The van der Waals surface area contributed by atoms with Gasteiger partial charge in [-0.3, -0.25) is 14.8 Å². The van der Waals surface area contributed by atoms with Crippen molar-refractivity contribution in [2.75, 3.05) is 5.75 Å². The third-order valence-electron chi connectivity index (χ3n) is 7.55. The van der Waals surface area contributed by atoms with E-state index in [4.69, 9.17) is 5.73 Å². The highest BCUT2D eigenvalue weighted by Crippen LogP contribution is 2.45. The minimum Gasteiger partial charge on any atom is -0.386 e. The fourth-order valence-electron chi connectivity index (χ4n) is 5.35. The summed E-state index contributed by atoms with van der Waals surface area (Å²) >= 11 is 0. The molecule has 0 spiro atoms. The van der Waals surface area contributed by atoms with Crippen LogP contribution in [0.2, 0.25) is 0 Å². The van der Waals surface area contributed by atoms with Gasteiger partial charge in [-0.25, -0.2) is 12.8 Å². The Morgan fingerprint density at radius 3 is 2.47 bits per heavy atom. The molecule has 2 aliphatic rings. The lowest BCUT2D eigenvalue weighted by atomic mass is 9.79. The average Bonchev–Trinajstić information content (AvgIpc) is 2.79. The molecule has 2 aromatic rings. The van der Waals surface area contributed by atoms with E-state index in [9.17, 15) is 13.2 Å². The number of carbonyl (C=O) groups excluding carboxylic acids is 1. The van der Waals surface area contributed by atoms with Crippen LogP contribution in [0.3, 0.4) is 0 Å². The predicted octanol–water partition coefficient (Wildman–Crippen LogP) is 4.29. The van der Waals surface area contributed by atoms with Gasteiger partial charge >= 0.3 is 0 Å². The van der Waals surface area contributed by atoms with Crippen LogP contribution in [-0.4, -0.2) is 35.5 Å². The Morgan fingerprint density at radius 1 is 1.15 bits per heavy atom. The lowest BCUT2D eigenvalue weighted by Gasteiger charge is -2.45. The fraction of sp³-hybridized carbons (Fsp3) is 0.500. The second kappa shape index (κ2) is 8.87. The summed E-state index contributed by atoms with van der Waals surface area (Å²) in [6.07, 6.45) is 6.27. The lowest BCUT2D eigenvalue weighted by molar-refractivity contribution is 0.0988. The van der Waals surface area contributed by atoms with Crippen molar-refractivity contribution in [1.29, 1.82) is 0 Å². The summed E-state index contributed by atoms with van der Waals surface area (Å²) < 4.78 is 41.1. The molecular weight excluding hydrogens is 453 g/mol. The molecule has 4 rings (SSSR count). The second-order valence-electron chi connectivity index (χ2n) is 10.1. The number of carbonyl (C=O) groups is 1. The zero-order valence-corrected chi connectivity index (χ0v) is 20.8. The molecule has 2 N–H and O–H groups in total. The predicted molar refractivity (Wildman–Crippen MR) is 131 cm³/mol. The monoisotopic (exact) mass is 485 g/mol. The summed E-state index contributed by atoms with van der Waals surface area (Å²) in [5, 5.41) is 0. The van der Waals surface area contributed by atoms with Crippen molar-refractivity contribution in [2.45, 2.75) is 69.6 Å². The quantitative estimate of drug-likeness (QED) is 0.637. The Kier molecular flexibility index (Phi) is 6.40. The molecule has 1 aromatic carbocycles. The van der Waals surface area contributed by atoms with Crippen molar-refractivity contribution in [3.8, 4) is 0 Å². The first-order valence-electron chi connectivity index (χ1n) is 11.8. The number of pyridine rings is 1. The van der Waals surface area contributed by atoms with E-state index in [1.165, 1.54) is 18.2 Å². The van der Waals surface area contributed by atoms with Gasteiger partial charge in [-0.2, -0.15) is 0 Å². The zero-order valence-electron chi connectivity index (χ0n) is 20.0. The van der Waals surface area contributed by atoms with E-state index in [0.29, 0.717) is 11.3 Å². The molecule has 6 nitrogen and oxygen atoms in total. The topological polar surface area (TPSA) is 102 Å². The van der Waals surface area contributed by atoms with Gasteiger partial charge in [0.05, 0.1) is 5.75 Å². The van der Waals surface area contributed by atoms with Crippen LogP contribution in [0.25, 0.3) is 0 Å². The molecule has 0 radical (unpaired) electrons. The normalized spacial score (nSPS) is 27.2. The maximum absolute atomic E-state index is 15.0. The van der Waals surface area contributed by atoms with Crippen LogP contribution < -0.4 is 5.73 Å². The molecule has 0 bridgehead atoms. The molecule has 2 atom stereocenters. The van der Waals surface area contributed by atoms with Gasteiger partial charge in [0.25, 0.3) is 0 Å². The highest BCUT2D eigenvalue weighted by atomic mass is 32.2. The van der Waals surface area contributed by atoms with E-state index in [0.717, 1.165) is 37.7 Å². The first kappa shape index (κ1) is 24.5. The van der Waals surface area contributed by atoms with Gasteiger partial charge in [0, 0.05) is 18.2 Å². The van der Waals surface area contributed by atoms with Crippen molar-refractivity contribution in [3.05, 3.63) is 64.7 Å². The SMILES string of the molecule is Cc1ccc(C(=O)Cc2ccc(F)c([C@]3(C)CS(=O)(=O)[C@@](C)(C4CCCCC4)C(N)=N3)c2)nc1. The Morgan fingerprint density at radius 2 is 1.85 bits per heavy atom. The lowest BCUT2D eigenvalue weighted by Crippen LogP contribution is -2.60. The van der Waals surface area contributed by atoms with Gasteiger partial charge in [0.15, 0.2) is 15.6 Å². The average molecular weight is 486 g/mol. The summed E-state index contributed by atoms with van der Waals surface area (Å²) in [4.78, 5) is 21.5. The number of benzene rings is 1. The maximum Gasteiger partial charge on any atom is 0.185 e. The van der Waals surface area contributed by atoms with Gasteiger partial charge in [0.2, 0.25) is 0 Å². The van der Waals surface area contributed by atoms with Gasteiger partial charge in [-0.1, -0.05) is 31.4 Å². The highest BCUT2D eigenvalue weighted by Gasteiger charge is 2.55. The van der Waals surface area contributed by atoms with Crippen LogP contribution in [0.4, 0.5) is 4.39 Å². The summed E-state index contributed by atoms with van der Waals surface area (Å²) in [5.74, 6) is -1.14. The molecule has 1 aliphatic carbocycles. The molecule has 1 aliphatic heterocycles. The van der Waals surface area contributed by atoms with Crippen LogP contribution >= 0.6 is 0 Å². The van der Waals surface area contributed by atoms with E-state index >= 15 is 4.39 Å². The molecule has 1 aromatic heterocycles. The zero-order chi connectivity index (χ0) is 24.7. The number of hydrogen-bond acceptors (Lipinski definition) is 6. The number of halogens is 1. The first-order chi connectivity index (χ1) is 16.0. The minimum absolute atomic E-state index is 0.0190. The minimum atomic E-state index is -3.73. The highest BCUT2D eigenvalue weighted by molar-refractivity contribution is 7.93. The van der Waals surface area contributed by atoms with E-state index in [-0.39, 0.29) is 35.3 Å². The number of Topliss-reactive ketones (excluding diaryl/α,β-unsaturated/α-hetero) is 1. The van der Waals surface area contributed by atoms with Crippen molar-refractivity contribution in [1.82, 2.24) is 4.98 Å². The number of rotatable bonds is 5. The Labute approximate surface area is 200 Å². The van der Waals surface area contributed by atoms with Crippen molar-refractivity contribution < 1.29 is 17.6 Å². The standard InChI is InChI=1S/C26H32FN3O3S/c1-17-9-12-22(29-15-17)23(31)14-18-10-11-21(27)20(13-18)25(2)16-34(32,33)26(3,24(28)30-25)19-7-5-4-6-8-19/h9-13,15,19H,4-8,14,16H2,1-3H3,(H2,28,30)/t25-,26-/m0/s1. The largest absolute Gasteiger partial charge is 0.386 e. The molecule has 0 saturated heterocycles. The van der Waals surface area contributed by atoms with Crippen LogP contribution in [0.5, 0.6) is 0 Å². The molecule has 0 unspecified atom stereocenters. The van der Waals surface area contributed by atoms with Gasteiger partial charge < -0.3 is 5.73 Å². The van der Waals surface area contributed by atoms with Gasteiger partial charge in [-0.05, 0) is 68.9 Å². The molecule has 34 heavy (non-hydrogen) atoms. The number of amidine groups is 1. The number of nitrogens with zero attached hydrogens (tertiary/aromatic N) is 2. The summed E-state index contributed by atoms with van der Waals surface area (Å²) in [6.45, 7) is 5.16. The van der Waals surface area contributed by atoms with Gasteiger partial charge in [-0.15, -0.1) is 0 Å². The molecule has 8 heteroatoms. The molecular formula is C26H32FN3O3S. The number of aromatic nitrogens is 1. The number of sulfone groups is 1. The molecule has 182 valence electrons. The summed E-state index contributed by atoms with van der Waals surface area (Å²) in [7, 11) is -3.73. The maximum atomic E-state index is 15.0. The van der Waals surface area contributed by atoms with Crippen LogP contribution in [0, 0.1) is 18.7 Å². The molecule has 0 amide bonds. The number of aryl methyl sites for hydroxylation is 1. The molecule has 2 heterocycles. The third-order valence-corrected chi connectivity index (χ3v) is 10.3. The smallest absolute Gasteiger partial charge is 0.185 e. The summed E-state index contributed by atoms with van der Waals surface area (Å²) in [6, 6.07) is 7.81. The molecule has 1 fully saturated rings. The van der Waals surface area contributed by atoms with Gasteiger partial charge in [0.1, 0.15) is 27.6 Å². The van der Waals surface area contributed by atoms with Crippen molar-refractivity contribution >= 4 is 21.5 Å². The number of hydrogen-bond donors (Lipinski definition) is 1. The Hall–Kier alpha value is -2.61. The second-order valence-corrected chi connectivity index (χ2v) is 12.5. The van der Waals surface area contributed by atoms with Crippen molar-refractivity contribution in [3.63, 3.8) is 0 Å². The van der Waals surface area contributed by atoms with Crippen LogP contribution in [0.1, 0.15) is 73.1 Å². The summed E-state index contributed by atoms with van der Waals surface area (Å²) in [5.41, 5.74) is 6.98. The van der Waals surface area contributed by atoms with E-state index in [1.807, 2.05) is 13.0 Å². The Balaban J connectivity index is 1.68. The third kappa shape index (κ3) is 4.28. The number of aliphatic imine (C=N–C) groups is 1. The fourth-order valence-corrected chi connectivity index (χ4v) is 7.71. The number of ketones is 1. The first-order valence-corrected chi connectivity index (χ1v) is 13.4. The van der Waals surface area contributed by atoms with Crippen LogP contribution in [0.15, 0.2) is 41.5 Å². The number of nitrogens with two attached hydrogens (primary N) is 1. The van der Waals surface area contributed by atoms with Crippen molar-refractivity contribution in [2.24, 2.45) is 16.6 Å². The molecule has 1 saturated carbocycles. The Bertz CT molecular complexity index is 1240.